The van der Waals surface area contributed by atoms with Crippen LogP contribution in [0.5, 0.6) is 0 Å². The molecule has 1 unspecified atom stereocenters. The molecule has 3 heterocycles. The summed E-state index contributed by atoms with van der Waals surface area (Å²) in [4.78, 5) is 19.8. The van der Waals surface area contributed by atoms with Gasteiger partial charge in [-0.1, -0.05) is 29.8 Å². The second-order valence-corrected chi connectivity index (χ2v) is 12.1. The Hall–Kier alpha value is -2.70. The fraction of sp³-hybridized carbons (Fsp3) is 0.367. The quantitative estimate of drug-likeness (QED) is 0.148. The van der Waals surface area contributed by atoms with Crippen LogP contribution in [-0.4, -0.2) is 69.1 Å². The molecule has 2 aromatic carbocycles. The number of pyridine rings is 1. The first-order chi connectivity index (χ1) is 19.9. The minimum absolute atomic E-state index is 0.112. The first kappa shape index (κ1) is 28.4. The Morgan fingerprint density at radius 1 is 1.00 bits per heavy atom. The number of nitrogens with zero attached hydrogens (tertiary/aromatic N) is 6. The largest absolute Gasteiger partial charge is 0.369 e. The van der Waals surface area contributed by atoms with Crippen LogP contribution >= 0.6 is 27.5 Å². The van der Waals surface area contributed by atoms with E-state index in [0.29, 0.717) is 13.1 Å². The molecule has 2 aliphatic rings. The number of nitrogens with one attached hydrogen (secondary N) is 1. The van der Waals surface area contributed by atoms with E-state index < -0.39 is 0 Å². The van der Waals surface area contributed by atoms with Crippen molar-refractivity contribution in [2.45, 2.75) is 31.8 Å². The smallest absolute Gasteiger partial charge is 0.145 e. The van der Waals surface area contributed by atoms with Crippen molar-refractivity contribution in [3.63, 3.8) is 0 Å². The Morgan fingerprint density at radius 3 is 2.63 bits per heavy atom. The van der Waals surface area contributed by atoms with Gasteiger partial charge in [-0.3, -0.25) is 26.5 Å². The van der Waals surface area contributed by atoms with Gasteiger partial charge in [0.2, 0.25) is 0 Å². The molecule has 1 atom stereocenters. The van der Waals surface area contributed by atoms with E-state index >= 15 is 0 Å². The molecule has 0 bridgehead atoms. The van der Waals surface area contributed by atoms with Crippen LogP contribution in [-0.2, 0) is 19.4 Å². The molecule has 5 N–H and O–H groups in total. The minimum Gasteiger partial charge on any atom is -0.369 e. The van der Waals surface area contributed by atoms with Gasteiger partial charge < -0.3 is 5.32 Å². The molecular weight excluding hydrogens is 602 g/mol. The van der Waals surface area contributed by atoms with Gasteiger partial charge in [-0.2, -0.15) is 5.12 Å². The minimum atomic E-state index is 0.112. The standard InChI is InChI=1S/C30H35BrClN9/c31-22-16-21-7-6-20-17-23(32)8-9-24(20)29(28(21)36-18-22)40-14-12-39(13-15-40)19-27-37-26-5-2-1-4-25(26)30(38-27)35-10-3-11-41(33)34/h1-2,4-5,8-9,16-18,29H,3,6-7,10-15,19,33-34H2,(H,35,37,38). The molecule has 6 rings (SSSR count). The number of rotatable bonds is 8. The molecule has 2 aromatic heterocycles. The summed E-state index contributed by atoms with van der Waals surface area (Å²) in [5.74, 6) is 12.8. The van der Waals surface area contributed by atoms with Crippen molar-refractivity contribution < 1.29 is 0 Å². The fourth-order valence-electron chi connectivity index (χ4n) is 5.96. The number of hydrazine groups is 2. The number of hydrogen-bond donors (Lipinski definition) is 3. The zero-order valence-electron chi connectivity index (χ0n) is 22.9. The Morgan fingerprint density at radius 2 is 1.80 bits per heavy atom. The summed E-state index contributed by atoms with van der Waals surface area (Å²) < 4.78 is 1.02. The lowest BCUT2D eigenvalue weighted by Gasteiger charge is -2.39. The summed E-state index contributed by atoms with van der Waals surface area (Å²) in [6, 6.07) is 16.8. The van der Waals surface area contributed by atoms with Crippen molar-refractivity contribution in [2.24, 2.45) is 11.7 Å². The first-order valence-corrected chi connectivity index (χ1v) is 15.3. The molecule has 1 aliphatic heterocycles. The van der Waals surface area contributed by atoms with Gasteiger partial charge in [-0.15, -0.1) is 0 Å². The molecule has 214 valence electrons. The zero-order valence-corrected chi connectivity index (χ0v) is 25.3. The molecule has 0 radical (unpaired) electrons. The van der Waals surface area contributed by atoms with E-state index in [-0.39, 0.29) is 6.04 Å². The van der Waals surface area contributed by atoms with Crippen molar-refractivity contribution in [2.75, 3.05) is 44.6 Å². The van der Waals surface area contributed by atoms with Crippen LogP contribution in [0.3, 0.4) is 0 Å². The van der Waals surface area contributed by atoms with Gasteiger partial charge in [0.25, 0.3) is 0 Å². The molecule has 41 heavy (non-hydrogen) atoms. The molecule has 1 saturated heterocycles. The summed E-state index contributed by atoms with van der Waals surface area (Å²) >= 11 is 10.0. The number of piperazine rings is 1. The first-order valence-electron chi connectivity index (χ1n) is 14.1. The summed E-state index contributed by atoms with van der Waals surface area (Å²) in [7, 11) is 0. The number of para-hydroxylation sites is 1. The topological polar surface area (TPSA) is 112 Å². The van der Waals surface area contributed by atoms with Crippen LogP contribution in [0, 0.1) is 0 Å². The Labute approximate surface area is 254 Å². The van der Waals surface area contributed by atoms with Gasteiger partial charge in [0, 0.05) is 60.3 Å². The Balaban J connectivity index is 1.19. The molecular formula is C30H35BrClN9. The van der Waals surface area contributed by atoms with E-state index in [9.17, 15) is 0 Å². The summed E-state index contributed by atoms with van der Waals surface area (Å²) in [5, 5.41) is 6.48. The molecule has 4 aromatic rings. The number of nitrogens with two attached hydrogens (primary N) is 2. The highest BCUT2D eigenvalue weighted by Gasteiger charge is 2.32. The van der Waals surface area contributed by atoms with Crippen LogP contribution in [0.25, 0.3) is 10.9 Å². The number of aromatic nitrogens is 3. The maximum Gasteiger partial charge on any atom is 0.145 e. The highest BCUT2D eigenvalue weighted by Crippen LogP contribution is 2.38. The molecule has 1 aliphatic carbocycles. The lowest BCUT2D eigenvalue weighted by atomic mass is 9.96. The molecule has 9 nitrogen and oxygen atoms in total. The highest BCUT2D eigenvalue weighted by molar-refractivity contribution is 9.10. The molecule has 0 amide bonds. The summed E-state index contributed by atoms with van der Waals surface area (Å²) in [6.45, 7) is 5.73. The summed E-state index contributed by atoms with van der Waals surface area (Å²) in [5.41, 5.74) is 6.03. The lowest BCUT2D eigenvalue weighted by Crippen LogP contribution is -2.47. The van der Waals surface area contributed by atoms with E-state index in [2.05, 4.69) is 55.3 Å². The highest BCUT2D eigenvalue weighted by atomic mass is 79.9. The van der Waals surface area contributed by atoms with Crippen LogP contribution in [0.2, 0.25) is 5.02 Å². The number of fused-ring (bicyclic) bond motifs is 3. The third-order valence-corrected chi connectivity index (χ3v) is 8.63. The third-order valence-electron chi connectivity index (χ3n) is 7.96. The maximum atomic E-state index is 6.42. The molecule has 1 fully saturated rings. The van der Waals surface area contributed by atoms with Crippen molar-refractivity contribution >= 4 is 44.3 Å². The van der Waals surface area contributed by atoms with E-state index in [1.165, 1.54) is 21.8 Å². The number of aryl methyl sites for hydroxylation is 2. The van der Waals surface area contributed by atoms with Crippen LogP contribution < -0.4 is 17.0 Å². The second kappa shape index (κ2) is 12.7. The third kappa shape index (κ3) is 6.54. The van der Waals surface area contributed by atoms with Crippen LogP contribution in [0.1, 0.15) is 40.7 Å². The predicted octanol–water partition coefficient (Wildman–Crippen LogP) is 4.30. The lowest BCUT2D eigenvalue weighted by molar-refractivity contribution is 0.101. The van der Waals surface area contributed by atoms with Crippen LogP contribution in [0.15, 0.2) is 59.2 Å². The van der Waals surface area contributed by atoms with Crippen LogP contribution in [0.4, 0.5) is 5.82 Å². The predicted molar refractivity (Wildman–Crippen MR) is 167 cm³/mol. The number of anilines is 1. The molecule has 11 heteroatoms. The number of hydrogen-bond acceptors (Lipinski definition) is 9. The van der Waals surface area contributed by atoms with Gasteiger partial charge in [0.05, 0.1) is 23.8 Å². The average Bonchev–Trinajstić information content (AvgIpc) is 3.12. The zero-order chi connectivity index (χ0) is 28.3. The SMILES string of the molecule is NN(N)CCCNc1nc(CN2CCN(C3c4ccc(Cl)cc4CCc4cc(Br)cnc43)CC2)nc2ccccc12. The number of benzene rings is 2. The average molecular weight is 637 g/mol. The summed E-state index contributed by atoms with van der Waals surface area (Å²) in [6.07, 6.45) is 4.66. The normalized spacial score (nSPS) is 17.8. The maximum absolute atomic E-state index is 6.42. The van der Waals surface area contributed by atoms with E-state index in [1.807, 2.05) is 30.5 Å². The van der Waals surface area contributed by atoms with Crippen molar-refractivity contribution in [1.29, 1.82) is 0 Å². The Bertz CT molecular complexity index is 1470. The number of halogens is 2. The van der Waals surface area contributed by atoms with Gasteiger partial charge in [-0.25, -0.2) is 9.97 Å². The molecule has 0 saturated carbocycles. The second-order valence-electron chi connectivity index (χ2n) is 10.8. The fourth-order valence-corrected chi connectivity index (χ4v) is 6.53. The van der Waals surface area contributed by atoms with Gasteiger partial charge in [0.1, 0.15) is 11.6 Å². The van der Waals surface area contributed by atoms with Gasteiger partial charge in [0.15, 0.2) is 0 Å². The van der Waals surface area contributed by atoms with Gasteiger partial charge in [-0.05, 0) is 82.2 Å². The van der Waals surface area contributed by atoms with Crippen molar-refractivity contribution in [1.82, 2.24) is 29.9 Å². The van der Waals surface area contributed by atoms with Crippen molar-refractivity contribution in [3.05, 3.63) is 92.4 Å². The van der Waals surface area contributed by atoms with E-state index in [4.69, 9.17) is 38.2 Å². The van der Waals surface area contributed by atoms with Crippen molar-refractivity contribution in [3.8, 4) is 0 Å². The Kier molecular flexibility index (Phi) is 8.78. The molecule has 0 spiro atoms. The van der Waals surface area contributed by atoms with E-state index in [0.717, 1.165) is 89.7 Å². The monoisotopic (exact) mass is 635 g/mol. The van der Waals surface area contributed by atoms with Gasteiger partial charge >= 0.3 is 0 Å². The van der Waals surface area contributed by atoms with E-state index in [1.54, 1.807) is 0 Å².